The Hall–Kier alpha value is -3.01. The largest absolute Gasteiger partial charge is 0.372 e. The van der Waals surface area contributed by atoms with Gasteiger partial charge in [-0.2, -0.15) is 5.26 Å². The minimum Gasteiger partial charge on any atom is -0.372 e. The van der Waals surface area contributed by atoms with Crippen molar-refractivity contribution in [2.45, 2.75) is 96.8 Å². The number of hydrogen-bond donors (Lipinski definition) is 1. The van der Waals surface area contributed by atoms with Crippen molar-refractivity contribution in [1.82, 2.24) is 4.98 Å². The molecule has 2 aromatic rings. The normalized spacial score (nSPS) is 32.1. The monoisotopic (exact) mass is 565 g/mol. The van der Waals surface area contributed by atoms with Crippen LogP contribution in [-0.4, -0.2) is 42.0 Å². The van der Waals surface area contributed by atoms with Gasteiger partial charge >= 0.3 is 0 Å². The van der Waals surface area contributed by atoms with Gasteiger partial charge in [-0.15, -0.1) is 0 Å². The van der Waals surface area contributed by atoms with Crippen LogP contribution < -0.4 is 10.6 Å². The van der Waals surface area contributed by atoms with Crippen LogP contribution in [0.5, 0.6) is 0 Å². The highest BCUT2D eigenvalue weighted by Crippen LogP contribution is 2.40. The fourth-order valence-electron chi connectivity index (χ4n) is 8.10. The molecule has 2 N–H and O–H groups in total. The zero-order chi connectivity index (χ0) is 29.2. The van der Waals surface area contributed by atoms with Crippen LogP contribution in [0.15, 0.2) is 58.9 Å². The van der Waals surface area contributed by atoms with Crippen molar-refractivity contribution in [3.8, 4) is 6.07 Å². The summed E-state index contributed by atoms with van der Waals surface area (Å²) < 4.78 is 6.51. The predicted octanol–water partition coefficient (Wildman–Crippen LogP) is 7.34. The lowest BCUT2D eigenvalue weighted by molar-refractivity contribution is -0.0301. The van der Waals surface area contributed by atoms with E-state index >= 15 is 0 Å². The molecule has 0 radical (unpaired) electrons. The lowest BCUT2D eigenvalue weighted by Crippen LogP contribution is -2.47. The first kappa shape index (κ1) is 29.1. The zero-order valence-corrected chi connectivity index (χ0v) is 25.6. The maximum absolute atomic E-state index is 9.58. The first-order chi connectivity index (χ1) is 20.4. The third-order valence-electron chi connectivity index (χ3n) is 10.4. The number of nitrogens with two attached hydrogens (primary N) is 1. The van der Waals surface area contributed by atoms with Gasteiger partial charge in [-0.1, -0.05) is 25.0 Å². The smallest absolute Gasteiger partial charge is 0.101 e. The predicted molar refractivity (Wildman–Crippen MR) is 171 cm³/mol. The standard InChI is InChI=1S/C36H47N5O/c1-4-26-18-29(19-32(26)38)33-13-7-23(2)16-34(40-33)27-10-8-25(9-11-27)17-30-22-41(21-24(3)42-30)35-14-12-28(20-37)36-31(35)6-5-15-39-36/h5-6,12-16,24-27,29-30,32H,4,7-11,17-19,21-22,38H2,1-3H3/t24-,25?,26-,27?,29+,30+,32+/m1/s1. The summed E-state index contributed by atoms with van der Waals surface area (Å²) in [6.45, 7) is 8.45. The maximum Gasteiger partial charge on any atom is 0.101 e. The van der Waals surface area contributed by atoms with Gasteiger partial charge in [0.05, 0.1) is 23.3 Å². The number of aliphatic imine (C=N–C) groups is 1. The second-order valence-electron chi connectivity index (χ2n) is 13.4. The fourth-order valence-corrected chi connectivity index (χ4v) is 8.10. The molecule has 2 aliphatic heterocycles. The van der Waals surface area contributed by atoms with Crippen LogP contribution in [-0.2, 0) is 4.74 Å². The Morgan fingerprint density at radius 1 is 1.10 bits per heavy atom. The average Bonchev–Trinajstić information content (AvgIpc) is 3.26. The molecule has 0 bridgehead atoms. The third kappa shape index (κ3) is 6.19. The van der Waals surface area contributed by atoms with E-state index in [4.69, 9.17) is 15.5 Å². The average molecular weight is 566 g/mol. The molecule has 4 aliphatic rings. The topological polar surface area (TPSA) is 87.5 Å². The Morgan fingerprint density at radius 3 is 2.69 bits per heavy atom. The molecule has 5 atom stereocenters. The highest BCUT2D eigenvalue weighted by atomic mass is 16.5. The van der Waals surface area contributed by atoms with Crippen LogP contribution in [0.1, 0.15) is 84.1 Å². The molecule has 1 aromatic carbocycles. The van der Waals surface area contributed by atoms with E-state index < -0.39 is 0 Å². The van der Waals surface area contributed by atoms with Gasteiger partial charge in [0, 0.05) is 59.6 Å². The molecule has 3 heterocycles. The molecule has 1 saturated heterocycles. The molecule has 2 saturated carbocycles. The van der Waals surface area contributed by atoms with Crippen molar-refractivity contribution in [2.75, 3.05) is 18.0 Å². The molecule has 42 heavy (non-hydrogen) atoms. The number of fused-ring (bicyclic) bond motifs is 1. The van der Waals surface area contributed by atoms with E-state index in [2.05, 4.69) is 61.0 Å². The van der Waals surface area contributed by atoms with Gasteiger partial charge in [-0.3, -0.25) is 9.98 Å². The second kappa shape index (κ2) is 12.7. The summed E-state index contributed by atoms with van der Waals surface area (Å²) in [5, 5.41) is 10.6. The van der Waals surface area contributed by atoms with Gasteiger partial charge in [0.1, 0.15) is 6.07 Å². The number of hydrogen-bond acceptors (Lipinski definition) is 6. The Kier molecular flexibility index (Phi) is 8.79. The van der Waals surface area contributed by atoms with Gasteiger partial charge in [-0.05, 0) is 107 Å². The second-order valence-corrected chi connectivity index (χ2v) is 13.4. The van der Waals surface area contributed by atoms with Gasteiger partial charge in [0.2, 0.25) is 0 Å². The van der Waals surface area contributed by atoms with Crippen LogP contribution >= 0.6 is 0 Å². The molecular weight excluding hydrogens is 518 g/mol. The number of morpholine rings is 1. The quantitative estimate of drug-likeness (QED) is 0.396. The van der Waals surface area contributed by atoms with E-state index in [0.29, 0.717) is 35.3 Å². The number of nitriles is 1. The maximum atomic E-state index is 9.58. The van der Waals surface area contributed by atoms with E-state index in [9.17, 15) is 5.26 Å². The first-order valence-electron chi connectivity index (χ1n) is 16.3. The van der Waals surface area contributed by atoms with Crippen LogP contribution in [0.2, 0.25) is 0 Å². The summed E-state index contributed by atoms with van der Waals surface area (Å²) in [6.07, 6.45) is 17.4. The Morgan fingerprint density at radius 2 is 1.93 bits per heavy atom. The SMILES string of the molecule is CC[C@@H]1C[C@H](C2=CCC(C)=CC(C3CCC(C[C@H]4CN(c5ccc(C#N)c6ncccc56)C[C@@H](C)O4)CC3)=N2)C[C@@H]1N. The molecule has 222 valence electrons. The molecular formula is C36H47N5O. The van der Waals surface area contributed by atoms with Crippen LogP contribution in [0.4, 0.5) is 5.69 Å². The molecule has 6 heteroatoms. The molecule has 0 amide bonds. The summed E-state index contributed by atoms with van der Waals surface area (Å²) in [4.78, 5) is 12.3. The number of allylic oxidation sites excluding steroid dienone is 4. The number of pyridine rings is 1. The number of benzene rings is 1. The Bertz CT molecular complexity index is 1410. The van der Waals surface area contributed by atoms with Crippen molar-refractivity contribution in [1.29, 1.82) is 5.26 Å². The number of nitrogens with zero attached hydrogens (tertiary/aromatic N) is 4. The Balaban J connectivity index is 1.09. The lowest BCUT2D eigenvalue weighted by atomic mass is 9.77. The molecule has 1 aromatic heterocycles. The highest BCUT2D eigenvalue weighted by Gasteiger charge is 2.35. The molecule has 6 nitrogen and oxygen atoms in total. The molecule has 2 aliphatic carbocycles. The van der Waals surface area contributed by atoms with E-state index in [-0.39, 0.29) is 12.2 Å². The first-order valence-corrected chi connectivity index (χ1v) is 16.3. The number of rotatable bonds is 6. The molecule has 0 unspecified atom stereocenters. The van der Waals surface area contributed by atoms with E-state index in [1.807, 2.05) is 12.1 Å². The van der Waals surface area contributed by atoms with Gasteiger partial charge in [-0.25, -0.2) is 0 Å². The molecule has 3 fully saturated rings. The van der Waals surface area contributed by atoms with Crippen molar-refractivity contribution in [3.63, 3.8) is 0 Å². The molecule has 6 rings (SSSR count). The summed E-state index contributed by atoms with van der Waals surface area (Å²) in [5.41, 5.74) is 13.1. The summed E-state index contributed by atoms with van der Waals surface area (Å²) in [7, 11) is 0. The summed E-state index contributed by atoms with van der Waals surface area (Å²) in [6, 6.07) is 10.7. The molecule has 0 spiro atoms. The number of anilines is 1. The van der Waals surface area contributed by atoms with Crippen LogP contribution in [0.25, 0.3) is 10.9 Å². The summed E-state index contributed by atoms with van der Waals surface area (Å²) in [5.74, 6) is 2.39. The van der Waals surface area contributed by atoms with Crippen LogP contribution in [0.3, 0.4) is 0 Å². The Labute approximate surface area is 251 Å². The van der Waals surface area contributed by atoms with Crippen molar-refractivity contribution >= 4 is 22.3 Å². The summed E-state index contributed by atoms with van der Waals surface area (Å²) >= 11 is 0. The van der Waals surface area contributed by atoms with E-state index in [0.717, 1.165) is 48.9 Å². The van der Waals surface area contributed by atoms with Crippen LogP contribution in [0, 0.1) is 35.0 Å². The van der Waals surface area contributed by atoms with E-state index in [1.165, 1.54) is 55.5 Å². The highest BCUT2D eigenvalue weighted by molar-refractivity contribution is 5.98. The van der Waals surface area contributed by atoms with Gasteiger partial charge < -0.3 is 15.4 Å². The van der Waals surface area contributed by atoms with Crippen molar-refractivity contribution < 1.29 is 4.74 Å². The van der Waals surface area contributed by atoms with Crippen molar-refractivity contribution in [2.24, 2.45) is 34.4 Å². The van der Waals surface area contributed by atoms with Crippen molar-refractivity contribution in [3.05, 3.63) is 59.4 Å². The van der Waals surface area contributed by atoms with Gasteiger partial charge in [0.25, 0.3) is 0 Å². The third-order valence-corrected chi connectivity index (χ3v) is 10.4. The number of ether oxygens (including phenoxy) is 1. The number of aromatic nitrogens is 1. The minimum atomic E-state index is 0.164. The fraction of sp³-hybridized carbons (Fsp3) is 0.583. The van der Waals surface area contributed by atoms with E-state index in [1.54, 1.807) is 6.20 Å². The zero-order valence-electron chi connectivity index (χ0n) is 25.6. The van der Waals surface area contributed by atoms with Gasteiger partial charge in [0.15, 0.2) is 0 Å². The minimum absolute atomic E-state index is 0.164. The lowest BCUT2D eigenvalue weighted by Gasteiger charge is -2.40.